The lowest BCUT2D eigenvalue weighted by atomic mass is 9.94. The fraction of sp³-hybridized carbons (Fsp3) is 0.652. The first-order chi connectivity index (χ1) is 13.9. The smallest absolute Gasteiger partial charge is 0.217 e. The van der Waals surface area contributed by atoms with Gasteiger partial charge in [0.1, 0.15) is 0 Å². The summed E-state index contributed by atoms with van der Waals surface area (Å²) in [5, 5.41) is 3.46. The molecule has 2 aliphatic rings. The summed E-state index contributed by atoms with van der Waals surface area (Å²) in [7, 11) is 0. The molecule has 0 saturated carbocycles. The van der Waals surface area contributed by atoms with Gasteiger partial charge in [0.2, 0.25) is 5.91 Å². The maximum Gasteiger partial charge on any atom is 0.217 e. The molecule has 1 amide bonds. The SMILES string of the molecule is CCNC(=NCC(C)(C)N1CCc2ccccc2C1)N1CCCC(CC(N)=O)C1.I. The van der Waals surface area contributed by atoms with Crippen molar-refractivity contribution in [3.05, 3.63) is 35.4 Å². The first-order valence-electron chi connectivity index (χ1n) is 11.0. The van der Waals surface area contributed by atoms with Gasteiger partial charge >= 0.3 is 0 Å². The van der Waals surface area contributed by atoms with Crippen LogP contribution >= 0.6 is 24.0 Å². The van der Waals surface area contributed by atoms with Crippen molar-refractivity contribution in [2.75, 3.05) is 32.7 Å². The summed E-state index contributed by atoms with van der Waals surface area (Å²) in [6.45, 7) is 12.2. The Kier molecular flexibility index (Phi) is 9.40. The second-order valence-corrected chi connectivity index (χ2v) is 9.05. The summed E-state index contributed by atoms with van der Waals surface area (Å²) >= 11 is 0. The lowest BCUT2D eigenvalue weighted by Crippen LogP contribution is -2.51. The first-order valence-corrected chi connectivity index (χ1v) is 11.0. The Labute approximate surface area is 198 Å². The van der Waals surface area contributed by atoms with Crippen molar-refractivity contribution in [1.29, 1.82) is 0 Å². The van der Waals surface area contributed by atoms with Crippen LogP contribution in [0.3, 0.4) is 0 Å². The average molecular weight is 527 g/mol. The van der Waals surface area contributed by atoms with Gasteiger partial charge < -0.3 is 16.0 Å². The topological polar surface area (TPSA) is 74.0 Å². The molecule has 0 aromatic heterocycles. The van der Waals surface area contributed by atoms with Gasteiger partial charge in [0.25, 0.3) is 0 Å². The number of carbonyl (C=O) groups is 1. The largest absolute Gasteiger partial charge is 0.370 e. The average Bonchev–Trinajstić information content (AvgIpc) is 2.70. The second kappa shape index (κ2) is 11.3. The van der Waals surface area contributed by atoms with E-state index in [2.05, 4.69) is 60.2 Å². The van der Waals surface area contributed by atoms with E-state index in [1.165, 1.54) is 11.1 Å². The van der Waals surface area contributed by atoms with E-state index in [-0.39, 0.29) is 35.4 Å². The lowest BCUT2D eigenvalue weighted by Gasteiger charge is -2.41. The Morgan fingerprint density at radius 3 is 2.70 bits per heavy atom. The Morgan fingerprint density at radius 2 is 2.00 bits per heavy atom. The molecule has 7 heteroatoms. The van der Waals surface area contributed by atoms with Crippen LogP contribution in [-0.2, 0) is 17.8 Å². The Bertz CT molecular complexity index is 736. The molecule has 1 aromatic carbocycles. The number of guanidine groups is 1. The minimum Gasteiger partial charge on any atom is -0.370 e. The zero-order chi connectivity index (χ0) is 20.9. The van der Waals surface area contributed by atoms with Crippen LogP contribution in [0.25, 0.3) is 0 Å². The summed E-state index contributed by atoms with van der Waals surface area (Å²) < 4.78 is 0. The minimum atomic E-state index is -0.203. The van der Waals surface area contributed by atoms with Crippen LogP contribution in [0.15, 0.2) is 29.3 Å². The van der Waals surface area contributed by atoms with Gasteiger partial charge in [-0.2, -0.15) is 0 Å². The number of halogens is 1. The van der Waals surface area contributed by atoms with E-state index < -0.39 is 0 Å². The van der Waals surface area contributed by atoms with E-state index in [4.69, 9.17) is 10.7 Å². The van der Waals surface area contributed by atoms with Gasteiger partial charge in [-0.3, -0.25) is 14.7 Å². The molecule has 0 bridgehead atoms. The maximum absolute atomic E-state index is 11.3. The molecule has 3 rings (SSSR count). The van der Waals surface area contributed by atoms with Gasteiger partial charge in [-0.25, -0.2) is 0 Å². The maximum atomic E-state index is 11.3. The number of likely N-dealkylation sites (tertiary alicyclic amines) is 1. The molecule has 6 nitrogen and oxygen atoms in total. The van der Waals surface area contributed by atoms with E-state index in [0.29, 0.717) is 12.3 Å². The van der Waals surface area contributed by atoms with Crippen molar-refractivity contribution in [2.24, 2.45) is 16.6 Å². The predicted octanol–water partition coefficient (Wildman–Crippen LogP) is 2.99. The zero-order valence-corrected chi connectivity index (χ0v) is 21.0. The van der Waals surface area contributed by atoms with Crippen LogP contribution in [-0.4, -0.2) is 59.9 Å². The number of primary amides is 1. The number of amides is 1. The zero-order valence-electron chi connectivity index (χ0n) is 18.7. The number of benzene rings is 1. The van der Waals surface area contributed by atoms with Gasteiger partial charge in [0.15, 0.2) is 5.96 Å². The fourth-order valence-corrected chi connectivity index (χ4v) is 4.52. The monoisotopic (exact) mass is 527 g/mol. The highest BCUT2D eigenvalue weighted by molar-refractivity contribution is 14.0. The Balaban J connectivity index is 0.00000320. The van der Waals surface area contributed by atoms with Crippen molar-refractivity contribution >= 4 is 35.8 Å². The summed E-state index contributed by atoms with van der Waals surface area (Å²) in [6, 6.07) is 8.77. The second-order valence-electron chi connectivity index (χ2n) is 9.05. The molecule has 1 atom stereocenters. The van der Waals surface area contributed by atoms with Gasteiger partial charge in [-0.05, 0) is 57.1 Å². The van der Waals surface area contributed by atoms with Crippen LogP contribution in [0.1, 0.15) is 51.2 Å². The van der Waals surface area contributed by atoms with Crippen molar-refractivity contribution in [3.63, 3.8) is 0 Å². The number of hydrogen-bond donors (Lipinski definition) is 2. The van der Waals surface area contributed by atoms with Crippen LogP contribution in [0, 0.1) is 5.92 Å². The van der Waals surface area contributed by atoms with E-state index in [1.54, 1.807) is 0 Å². The molecular formula is C23H38IN5O. The van der Waals surface area contributed by atoms with Gasteiger partial charge in [0, 0.05) is 44.7 Å². The van der Waals surface area contributed by atoms with E-state index in [1.807, 2.05) is 0 Å². The molecule has 30 heavy (non-hydrogen) atoms. The van der Waals surface area contributed by atoms with Crippen LogP contribution in [0.5, 0.6) is 0 Å². The third kappa shape index (κ3) is 6.57. The number of piperidine rings is 1. The quantitative estimate of drug-likeness (QED) is 0.339. The molecule has 1 unspecified atom stereocenters. The minimum absolute atomic E-state index is 0. The molecule has 1 saturated heterocycles. The third-order valence-corrected chi connectivity index (χ3v) is 6.25. The summed E-state index contributed by atoms with van der Waals surface area (Å²) in [5.41, 5.74) is 8.32. The lowest BCUT2D eigenvalue weighted by molar-refractivity contribution is -0.119. The van der Waals surface area contributed by atoms with E-state index >= 15 is 0 Å². The number of hydrogen-bond acceptors (Lipinski definition) is 3. The van der Waals surface area contributed by atoms with Crippen molar-refractivity contribution in [3.8, 4) is 0 Å². The molecule has 2 aliphatic heterocycles. The summed E-state index contributed by atoms with van der Waals surface area (Å²) in [4.78, 5) is 21.2. The molecule has 1 fully saturated rings. The van der Waals surface area contributed by atoms with Gasteiger partial charge in [-0.1, -0.05) is 24.3 Å². The Hall–Kier alpha value is -1.35. The number of nitrogens with zero attached hydrogens (tertiary/aromatic N) is 3. The molecule has 1 aromatic rings. The third-order valence-electron chi connectivity index (χ3n) is 6.25. The van der Waals surface area contributed by atoms with Gasteiger partial charge in [0.05, 0.1) is 6.54 Å². The molecule has 168 valence electrons. The molecular weight excluding hydrogens is 489 g/mol. The standard InChI is InChI=1S/C23H37N5O.HI/c1-4-25-22(27-12-7-8-18(15-27)14-21(24)29)26-17-23(2,3)28-13-11-19-9-5-6-10-20(19)16-28;/h5-6,9-10,18H,4,7-8,11-17H2,1-3H3,(H2,24,29)(H,25,26);1H. The Morgan fingerprint density at radius 1 is 1.27 bits per heavy atom. The fourth-order valence-electron chi connectivity index (χ4n) is 4.52. The summed E-state index contributed by atoms with van der Waals surface area (Å²) in [5.74, 6) is 1.09. The van der Waals surface area contributed by atoms with Crippen LogP contribution in [0.4, 0.5) is 0 Å². The molecule has 0 aliphatic carbocycles. The van der Waals surface area contributed by atoms with E-state index in [0.717, 1.165) is 64.5 Å². The molecule has 2 heterocycles. The number of rotatable bonds is 6. The molecule has 0 radical (unpaired) electrons. The molecule has 0 spiro atoms. The van der Waals surface area contributed by atoms with Crippen molar-refractivity contribution in [1.82, 2.24) is 15.1 Å². The van der Waals surface area contributed by atoms with Crippen molar-refractivity contribution < 1.29 is 4.79 Å². The highest BCUT2D eigenvalue weighted by atomic mass is 127. The predicted molar refractivity (Wildman–Crippen MR) is 134 cm³/mol. The normalized spacial score (nSPS) is 20.3. The summed E-state index contributed by atoms with van der Waals surface area (Å²) in [6.07, 6.45) is 3.71. The number of fused-ring (bicyclic) bond motifs is 1. The number of aliphatic imine (C=N–C) groups is 1. The molecule has 3 N–H and O–H groups in total. The van der Waals surface area contributed by atoms with Crippen LogP contribution < -0.4 is 11.1 Å². The van der Waals surface area contributed by atoms with Crippen molar-refractivity contribution in [2.45, 2.75) is 58.5 Å². The number of nitrogens with one attached hydrogen (secondary N) is 1. The van der Waals surface area contributed by atoms with Gasteiger partial charge in [-0.15, -0.1) is 24.0 Å². The highest BCUT2D eigenvalue weighted by Crippen LogP contribution is 2.26. The van der Waals surface area contributed by atoms with Crippen LogP contribution in [0.2, 0.25) is 0 Å². The first kappa shape index (κ1) is 24.9. The van der Waals surface area contributed by atoms with E-state index in [9.17, 15) is 4.79 Å². The number of carbonyl (C=O) groups excluding carboxylic acids is 1. The number of nitrogens with two attached hydrogens (primary N) is 1. The highest BCUT2D eigenvalue weighted by Gasteiger charge is 2.30.